The Morgan fingerprint density at radius 2 is 1.92 bits per heavy atom. The monoisotopic (exact) mass is 163 g/mol. The summed E-state index contributed by atoms with van der Waals surface area (Å²) in [4.78, 5) is 0. The van der Waals surface area contributed by atoms with E-state index in [1.807, 2.05) is 30.3 Å². The highest BCUT2D eigenvalue weighted by Crippen LogP contribution is 2.10. The topological polar surface area (TPSA) is 55.3 Å². The van der Waals surface area contributed by atoms with E-state index in [-0.39, 0.29) is 6.17 Å². The van der Waals surface area contributed by atoms with E-state index in [9.17, 15) is 0 Å². The Morgan fingerprint density at radius 1 is 1.33 bits per heavy atom. The van der Waals surface area contributed by atoms with E-state index in [0.29, 0.717) is 0 Å². The van der Waals surface area contributed by atoms with Crippen LogP contribution in [0.25, 0.3) is 0 Å². The third-order valence-corrected chi connectivity index (χ3v) is 1.62. The lowest BCUT2D eigenvalue weighted by atomic mass is 10.3. The number of nitrogens with two attached hydrogens (primary N) is 2. The number of rotatable bonds is 3. The average molecular weight is 163 g/mol. The molecule has 0 heterocycles. The summed E-state index contributed by atoms with van der Waals surface area (Å²) in [6, 6.07) is 9.53. The van der Waals surface area contributed by atoms with Gasteiger partial charge in [-0.2, -0.15) is 0 Å². The second-order valence-electron chi connectivity index (χ2n) is 2.47. The molecule has 0 aliphatic rings. The highest BCUT2D eigenvalue weighted by Gasteiger charge is 2.05. The first-order chi connectivity index (χ1) is 5.75. The van der Waals surface area contributed by atoms with Crippen LogP contribution >= 0.6 is 0 Å². The minimum absolute atomic E-state index is 0.340. The summed E-state index contributed by atoms with van der Waals surface area (Å²) >= 11 is 0. The first-order valence-electron chi connectivity index (χ1n) is 3.73. The van der Waals surface area contributed by atoms with Gasteiger partial charge in [0.2, 0.25) is 0 Å². The fraction of sp³-hybridized carbons (Fsp3) is 0.111. The molecule has 1 atom stereocenters. The van der Waals surface area contributed by atoms with Gasteiger partial charge in [-0.05, 0) is 12.1 Å². The molecule has 64 valence electrons. The summed E-state index contributed by atoms with van der Waals surface area (Å²) in [5, 5.41) is 1.47. The van der Waals surface area contributed by atoms with Crippen molar-refractivity contribution >= 4 is 5.69 Å². The van der Waals surface area contributed by atoms with Crippen molar-refractivity contribution in [2.24, 2.45) is 11.6 Å². The zero-order chi connectivity index (χ0) is 8.97. The zero-order valence-electron chi connectivity index (χ0n) is 6.85. The summed E-state index contributed by atoms with van der Waals surface area (Å²) in [5.74, 6) is 5.69. The molecular weight excluding hydrogens is 150 g/mol. The van der Waals surface area contributed by atoms with Crippen molar-refractivity contribution in [2.75, 3.05) is 5.01 Å². The molecule has 0 saturated carbocycles. The zero-order valence-corrected chi connectivity index (χ0v) is 6.85. The van der Waals surface area contributed by atoms with Gasteiger partial charge in [0.05, 0.1) is 5.69 Å². The largest absolute Gasteiger partial charge is 0.307 e. The lowest BCUT2D eigenvalue weighted by Gasteiger charge is -2.22. The van der Waals surface area contributed by atoms with Crippen LogP contribution in [0, 0.1) is 0 Å². The first-order valence-corrected chi connectivity index (χ1v) is 3.73. The molecule has 0 spiro atoms. The molecule has 0 saturated heterocycles. The van der Waals surface area contributed by atoms with E-state index >= 15 is 0 Å². The number of hydrazine groups is 1. The molecule has 3 heteroatoms. The van der Waals surface area contributed by atoms with Gasteiger partial charge >= 0.3 is 0 Å². The van der Waals surface area contributed by atoms with Gasteiger partial charge in [0.15, 0.2) is 0 Å². The van der Waals surface area contributed by atoms with Crippen LogP contribution in [0.15, 0.2) is 43.0 Å². The van der Waals surface area contributed by atoms with Crippen molar-refractivity contribution in [3.63, 3.8) is 0 Å². The molecule has 0 aliphatic heterocycles. The molecule has 4 N–H and O–H groups in total. The standard InChI is InChI=1S/C9H13N3/c1-2-9(10)12(11)8-6-4-3-5-7-8/h2-7,9H,1,10-11H2. The fourth-order valence-electron chi connectivity index (χ4n) is 0.886. The Labute approximate surface area is 72.2 Å². The van der Waals surface area contributed by atoms with E-state index in [0.717, 1.165) is 5.69 Å². The average Bonchev–Trinajstić information content (AvgIpc) is 2.17. The number of para-hydroxylation sites is 1. The predicted molar refractivity (Wildman–Crippen MR) is 51.3 cm³/mol. The summed E-state index contributed by atoms with van der Waals surface area (Å²) in [6.45, 7) is 3.56. The summed E-state index contributed by atoms with van der Waals surface area (Å²) in [7, 11) is 0. The normalized spacial score (nSPS) is 12.2. The maximum absolute atomic E-state index is 5.69. The minimum atomic E-state index is -0.340. The molecular formula is C9H13N3. The van der Waals surface area contributed by atoms with Crippen molar-refractivity contribution in [1.82, 2.24) is 0 Å². The van der Waals surface area contributed by atoms with Gasteiger partial charge in [-0.25, -0.2) is 5.84 Å². The van der Waals surface area contributed by atoms with E-state index in [1.165, 1.54) is 5.01 Å². The van der Waals surface area contributed by atoms with Crippen LogP contribution < -0.4 is 16.6 Å². The maximum Gasteiger partial charge on any atom is 0.111 e. The quantitative estimate of drug-likeness (QED) is 0.300. The predicted octanol–water partition coefficient (Wildman–Crippen LogP) is 0.837. The van der Waals surface area contributed by atoms with Gasteiger partial charge in [-0.3, -0.25) is 5.01 Å². The third-order valence-electron chi connectivity index (χ3n) is 1.62. The molecule has 0 radical (unpaired) electrons. The highest BCUT2D eigenvalue weighted by molar-refractivity contribution is 5.45. The van der Waals surface area contributed by atoms with Crippen molar-refractivity contribution in [3.8, 4) is 0 Å². The molecule has 0 bridgehead atoms. The Kier molecular flexibility index (Phi) is 2.85. The van der Waals surface area contributed by atoms with Crippen LogP contribution in [0.3, 0.4) is 0 Å². The van der Waals surface area contributed by atoms with Gasteiger partial charge in [0, 0.05) is 0 Å². The molecule has 3 nitrogen and oxygen atoms in total. The Hall–Kier alpha value is -1.32. The molecule has 1 rings (SSSR count). The Morgan fingerprint density at radius 3 is 2.42 bits per heavy atom. The van der Waals surface area contributed by atoms with Gasteiger partial charge < -0.3 is 5.73 Å². The van der Waals surface area contributed by atoms with Gasteiger partial charge in [0.25, 0.3) is 0 Å². The Bertz CT molecular complexity index is 245. The van der Waals surface area contributed by atoms with E-state index in [4.69, 9.17) is 11.6 Å². The van der Waals surface area contributed by atoms with E-state index in [2.05, 4.69) is 6.58 Å². The molecule has 0 fully saturated rings. The van der Waals surface area contributed by atoms with Gasteiger partial charge in [-0.1, -0.05) is 30.9 Å². The maximum atomic E-state index is 5.69. The molecule has 0 aromatic heterocycles. The second kappa shape index (κ2) is 3.90. The first kappa shape index (κ1) is 8.77. The van der Waals surface area contributed by atoms with Crippen LogP contribution in [0.4, 0.5) is 5.69 Å². The minimum Gasteiger partial charge on any atom is -0.307 e. The summed E-state index contributed by atoms with van der Waals surface area (Å²) < 4.78 is 0. The number of nitrogens with zero attached hydrogens (tertiary/aromatic N) is 1. The highest BCUT2D eigenvalue weighted by atomic mass is 15.4. The van der Waals surface area contributed by atoms with Crippen LogP contribution in [0.1, 0.15) is 0 Å². The van der Waals surface area contributed by atoms with E-state index < -0.39 is 0 Å². The van der Waals surface area contributed by atoms with Crippen LogP contribution in [-0.2, 0) is 0 Å². The molecule has 1 aromatic rings. The van der Waals surface area contributed by atoms with Crippen LogP contribution in [-0.4, -0.2) is 6.17 Å². The SMILES string of the molecule is C=CC(N)N(N)c1ccccc1. The van der Waals surface area contributed by atoms with Crippen molar-refractivity contribution in [2.45, 2.75) is 6.17 Å². The lowest BCUT2D eigenvalue weighted by Crippen LogP contribution is -2.45. The molecule has 0 aliphatic carbocycles. The lowest BCUT2D eigenvalue weighted by molar-refractivity contribution is 0.742. The van der Waals surface area contributed by atoms with Crippen molar-refractivity contribution < 1.29 is 0 Å². The van der Waals surface area contributed by atoms with Crippen LogP contribution in [0.2, 0.25) is 0 Å². The smallest absolute Gasteiger partial charge is 0.111 e. The molecule has 0 amide bonds. The third kappa shape index (κ3) is 1.84. The summed E-state index contributed by atoms with van der Waals surface area (Å²) in [6.07, 6.45) is 1.25. The number of hydrogen-bond acceptors (Lipinski definition) is 3. The number of hydrogen-bond donors (Lipinski definition) is 2. The molecule has 1 aromatic carbocycles. The fourth-order valence-corrected chi connectivity index (χ4v) is 0.886. The molecule has 12 heavy (non-hydrogen) atoms. The van der Waals surface area contributed by atoms with Crippen molar-refractivity contribution in [3.05, 3.63) is 43.0 Å². The van der Waals surface area contributed by atoms with E-state index in [1.54, 1.807) is 6.08 Å². The number of benzene rings is 1. The Balaban J connectivity index is 2.78. The number of anilines is 1. The van der Waals surface area contributed by atoms with Crippen molar-refractivity contribution in [1.29, 1.82) is 0 Å². The van der Waals surface area contributed by atoms with Crippen LogP contribution in [0.5, 0.6) is 0 Å². The second-order valence-corrected chi connectivity index (χ2v) is 2.47. The molecule has 1 unspecified atom stereocenters. The summed E-state index contributed by atoms with van der Waals surface area (Å²) in [5.41, 5.74) is 6.51. The van der Waals surface area contributed by atoms with Gasteiger partial charge in [-0.15, -0.1) is 0 Å². The van der Waals surface area contributed by atoms with Gasteiger partial charge in [0.1, 0.15) is 6.17 Å².